The van der Waals surface area contributed by atoms with Crippen LogP contribution in [0.25, 0.3) is 0 Å². The molecule has 0 spiro atoms. The number of anilines is 1. The molecule has 0 bridgehead atoms. The zero-order valence-corrected chi connectivity index (χ0v) is 9.95. The van der Waals surface area contributed by atoms with Crippen molar-refractivity contribution < 1.29 is 4.79 Å². The number of fused-ring (bicyclic) bond motifs is 1. The van der Waals surface area contributed by atoms with E-state index in [9.17, 15) is 9.70 Å². The normalized spacial score (nSPS) is 14.6. The van der Waals surface area contributed by atoms with Gasteiger partial charge in [-0.3, -0.25) is 4.79 Å². The molecular formula is C13H16N2O2. The number of hydrogen-bond donors (Lipinski definition) is 1. The lowest BCUT2D eigenvalue weighted by molar-refractivity contribution is -0.114. The largest absolute Gasteiger partial charge is 0.324 e. The highest BCUT2D eigenvalue weighted by atomic mass is 16.3. The highest BCUT2D eigenvalue weighted by Gasteiger charge is 2.16. The minimum Gasteiger partial charge on any atom is -0.324 e. The Morgan fingerprint density at radius 3 is 2.71 bits per heavy atom. The molecule has 0 radical (unpaired) electrons. The molecule has 1 aromatic rings. The van der Waals surface area contributed by atoms with Crippen molar-refractivity contribution >= 4 is 17.3 Å². The van der Waals surface area contributed by atoms with E-state index in [2.05, 4.69) is 10.5 Å². The Kier molecular flexibility index (Phi) is 3.52. The molecule has 0 unspecified atom stereocenters. The van der Waals surface area contributed by atoms with Crippen molar-refractivity contribution in [3.8, 4) is 0 Å². The van der Waals surface area contributed by atoms with Gasteiger partial charge in [0.2, 0.25) is 5.91 Å². The van der Waals surface area contributed by atoms with Crippen molar-refractivity contribution in [1.29, 1.82) is 0 Å². The molecule has 17 heavy (non-hydrogen) atoms. The zero-order valence-electron chi connectivity index (χ0n) is 9.95. The minimum absolute atomic E-state index is 0.177. The first-order valence-corrected chi connectivity index (χ1v) is 5.98. The predicted molar refractivity (Wildman–Crippen MR) is 67.5 cm³/mol. The topological polar surface area (TPSA) is 58.5 Å². The Bertz CT molecular complexity index is 455. The number of nitroso groups, excluding NO2 is 1. The third-order valence-corrected chi connectivity index (χ3v) is 3.15. The van der Waals surface area contributed by atoms with Crippen LogP contribution in [0.2, 0.25) is 0 Å². The highest BCUT2D eigenvalue weighted by molar-refractivity contribution is 5.92. The van der Waals surface area contributed by atoms with Gasteiger partial charge in [0.1, 0.15) is 5.69 Å². The Morgan fingerprint density at radius 1 is 1.24 bits per heavy atom. The molecule has 1 aliphatic carbocycles. The van der Waals surface area contributed by atoms with E-state index >= 15 is 0 Å². The van der Waals surface area contributed by atoms with Gasteiger partial charge in [-0.25, -0.2) is 0 Å². The lowest BCUT2D eigenvalue weighted by Gasteiger charge is -2.12. The second kappa shape index (κ2) is 5.08. The summed E-state index contributed by atoms with van der Waals surface area (Å²) < 4.78 is 0. The van der Waals surface area contributed by atoms with E-state index in [-0.39, 0.29) is 5.91 Å². The fourth-order valence-electron chi connectivity index (χ4n) is 2.38. The van der Waals surface area contributed by atoms with Gasteiger partial charge in [0.15, 0.2) is 0 Å². The third-order valence-electron chi connectivity index (χ3n) is 3.15. The predicted octanol–water partition coefficient (Wildman–Crippen LogP) is 3.31. The second-order valence-corrected chi connectivity index (χ2v) is 4.43. The van der Waals surface area contributed by atoms with E-state index in [1.165, 1.54) is 18.9 Å². The van der Waals surface area contributed by atoms with Gasteiger partial charge in [-0.05, 0) is 48.1 Å². The summed E-state index contributed by atoms with van der Waals surface area (Å²) in [5.41, 5.74) is 3.17. The van der Waals surface area contributed by atoms with Gasteiger partial charge < -0.3 is 5.32 Å². The molecule has 2 rings (SSSR count). The molecule has 1 N–H and O–H groups in total. The number of carbonyl (C=O) groups is 1. The molecule has 0 fully saturated rings. The maximum Gasteiger partial charge on any atom is 0.221 e. The molecule has 1 aromatic carbocycles. The van der Waals surface area contributed by atoms with Gasteiger partial charge in [-0.1, -0.05) is 12.5 Å². The molecule has 0 saturated carbocycles. The summed E-state index contributed by atoms with van der Waals surface area (Å²) >= 11 is 0. The van der Waals surface area contributed by atoms with Crippen LogP contribution in [0, 0.1) is 4.91 Å². The average molecular weight is 232 g/mol. The van der Waals surface area contributed by atoms with Crippen molar-refractivity contribution in [2.45, 2.75) is 39.0 Å². The smallest absolute Gasteiger partial charge is 0.221 e. The number of nitrogens with one attached hydrogen (secondary N) is 1. The van der Waals surface area contributed by atoms with Gasteiger partial charge in [0.25, 0.3) is 0 Å². The summed E-state index contributed by atoms with van der Waals surface area (Å²) in [6, 6.07) is 3.78. The molecule has 1 aliphatic rings. The summed E-state index contributed by atoms with van der Waals surface area (Å²) in [7, 11) is 0. The standard InChI is InChI=1S/C13H16N2O2/c1-9(16)14-12-8-7-10-5-3-2-4-6-11(10)13(12)15-17/h7-8H,2-6H2,1H3,(H,14,16). The molecule has 4 heteroatoms. The fourth-order valence-corrected chi connectivity index (χ4v) is 2.38. The first-order valence-electron chi connectivity index (χ1n) is 5.98. The maximum absolute atomic E-state index is 11.1. The minimum atomic E-state index is -0.177. The summed E-state index contributed by atoms with van der Waals surface area (Å²) in [6.45, 7) is 1.43. The van der Waals surface area contributed by atoms with Crippen molar-refractivity contribution in [3.63, 3.8) is 0 Å². The van der Waals surface area contributed by atoms with Crippen molar-refractivity contribution in [3.05, 3.63) is 28.2 Å². The van der Waals surface area contributed by atoms with Crippen molar-refractivity contribution in [2.24, 2.45) is 5.18 Å². The van der Waals surface area contributed by atoms with Crippen LogP contribution in [0.1, 0.15) is 37.3 Å². The van der Waals surface area contributed by atoms with Crippen LogP contribution in [0.15, 0.2) is 17.3 Å². The summed E-state index contributed by atoms with van der Waals surface area (Å²) in [5.74, 6) is -0.177. The molecule has 0 heterocycles. The van der Waals surface area contributed by atoms with Crippen LogP contribution in [0.4, 0.5) is 11.4 Å². The van der Waals surface area contributed by atoms with Crippen LogP contribution < -0.4 is 5.32 Å². The number of aryl methyl sites for hydroxylation is 1. The van der Waals surface area contributed by atoms with E-state index in [4.69, 9.17) is 0 Å². The molecule has 0 saturated heterocycles. The van der Waals surface area contributed by atoms with Gasteiger partial charge in [-0.2, -0.15) is 0 Å². The first kappa shape index (κ1) is 11.8. The molecule has 1 amide bonds. The van der Waals surface area contributed by atoms with Gasteiger partial charge in [0.05, 0.1) is 5.69 Å². The number of benzene rings is 1. The summed E-state index contributed by atoms with van der Waals surface area (Å²) in [6.07, 6.45) is 5.30. The van der Waals surface area contributed by atoms with Crippen LogP contribution in [-0.2, 0) is 17.6 Å². The molecule has 0 aromatic heterocycles. The Balaban J connectivity index is 2.46. The molecule has 0 atom stereocenters. The first-order chi connectivity index (χ1) is 8.22. The number of rotatable bonds is 2. The summed E-state index contributed by atoms with van der Waals surface area (Å²) in [4.78, 5) is 22.1. The SMILES string of the molecule is CC(=O)Nc1ccc2c(c1N=O)CCCCC2. The maximum atomic E-state index is 11.1. The second-order valence-electron chi connectivity index (χ2n) is 4.43. The lowest BCUT2D eigenvalue weighted by atomic mass is 10.00. The fraction of sp³-hybridized carbons (Fsp3) is 0.462. The van der Waals surface area contributed by atoms with Crippen molar-refractivity contribution in [1.82, 2.24) is 0 Å². The number of nitrogens with zero attached hydrogens (tertiary/aromatic N) is 1. The molecule has 4 nitrogen and oxygen atoms in total. The number of amides is 1. The van der Waals surface area contributed by atoms with Gasteiger partial charge >= 0.3 is 0 Å². The zero-order chi connectivity index (χ0) is 12.3. The van der Waals surface area contributed by atoms with E-state index in [0.29, 0.717) is 11.4 Å². The van der Waals surface area contributed by atoms with Crippen LogP contribution in [-0.4, -0.2) is 5.91 Å². The van der Waals surface area contributed by atoms with E-state index in [0.717, 1.165) is 31.2 Å². The Hall–Kier alpha value is -1.71. The van der Waals surface area contributed by atoms with E-state index in [1.54, 1.807) is 6.07 Å². The van der Waals surface area contributed by atoms with E-state index < -0.39 is 0 Å². The lowest BCUT2D eigenvalue weighted by Crippen LogP contribution is -2.07. The molecular weight excluding hydrogens is 216 g/mol. The average Bonchev–Trinajstić information content (AvgIpc) is 2.53. The monoisotopic (exact) mass is 232 g/mol. The van der Waals surface area contributed by atoms with Crippen LogP contribution in [0.5, 0.6) is 0 Å². The van der Waals surface area contributed by atoms with Crippen LogP contribution >= 0.6 is 0 Å². The van der Waals surface area contributed by atoms with Gasteiger partial charge in [0, 0.05) is 6.92 Å². The van der Waals surface area contributed by atoms with Gasteiger partial charge in [-0.15, -0.1) is 4.91 Å². The molecule has 0 aliphatic heterocycles. The third kappa shape index (κ3) is 2.52. The summed E-state index contributed by atoms with van der Waals surface area (Å²) in [5, 5.41) is 5.78. The molecule has 90 valence electrons. The van der Waals surface area contributed by atoms with E-state index in [1.807, 2.05) is 6.07 Å². The Labute approximate surface area is 100 Å². The van der Waals surface area contributed by atoms with Crippen LogP contribution in [0.3, 0.4) is 0 Å². The highest BCUT2D eigenvalue weighted by Crippen LogP contribution is 2.35. The Morgan fingerprint density at radius 2 is 2.00 bits per heavy atom. The number of hydrogen-bond acceptors (Lipinski definition) is 3. The van der Waals surface area contributed by atoms with Crippen molar-refractivity contribution in [2.75, 3.05) is 5.32 Å². The number of carbonyl (C=O) groups excluding carboxylic acids is 1. The quantitative estimate of drug-likeness (QED) is 0.628.